The van der Waals surface area contributed by atoms with E-state index in [1.54, 1.807) is 6.07 Å². The monoisotopic (exact) mass is 291 g/mol. The summed E-state index contributed by atoms with van der Waals surface area (Å²) in [6.45, 7) is 7.33. The minimum Gasteiger partial charge on any atom is -0.361 e. The molecule has 0 radical (unpaired) electrons. The number of nitrogens with one attached hydrogen (secondary N) is 3. The van der Waals surface area contributed by atoms with Crippen LogP contribution >= 0.6 is 0 Å². The zero-order valence-electron chi connectivity index (χ0n) is 12.7. The average Bonchev–Trinajstić information content (AvgIpc) is 2.78. The molecule has 1 aromatic carbocycles. The molecule has 0 spiro atoms. The van der Waals surface area contributed by atoms with Gasteiger partial charge in [0, 0.05) is 30.2 Å². The highest BCUT2D eigenvalue weighted by Crippen LogP contribution is 2.19. The van der Waals surface area contributed by atoms with Crippen LogP contribution in [-0.2, 0) is 6.42 Å². The standard InChI is InChI=1S/C16H22FN3O/c1-16(2,3)10-20-15(21)18-7-6-11-9-19-14-5-4-12(17)8-13(11)14/h4-5,8-9,19H,6-7,10H2,1-3H3,(H2,18,20,21). The number of hydrogen-bond donors (Lipinski definition) is 3. The van der Waals surface area contributed by atoms with Crippen LogP contribution in [0.3, 0.4) is 0 Å². The molecule has 0 aliphatic rings. The Bertz CT molecular complexity index is 628. The second-order valence-electron chi connectivity index (χ2n) is 6.42. The molecule has 1 heterocycles. The van der Waals surface area contributed by atoms with Crippen LogP contribution in [0.5, 0.6) is 0 Å². The van der Waals surface area contributed by atoms with Crippen molar-refractivity contribution in [1.82, 2.24) is 15.6 Å². The minimum atomic E-state index is -0.251. The molecule has 3 N–H and O–H groups in total. The number of carbonyl (C=O) groups excluding carboxylic acids is 1. The Morgan fingerprint density at radius 1 is 1.29 bits per heavy atom. The number of fused-ring (bicyclic) bond motifs is 1. The molecule has 0 fully saturated rings. The first kappa shape index (κ1) is 15.4. The fourth-order valence-electron chi connectivity index (χ4n) is 2.08. The van der Waals surface area contributed by atoms with Gasteiger partial charge in [-0.2, -0.15) is 0 Å². The van der Waals surface area contributed by atoms with Crippen LogP contribution in [0, 0.1) is 11.2 Å². The van der Waals surface area contributed by atoms with Gasteiger partial charge in [-0.25, -0.2) is 9.18 Å². The molecule has 0 aliphatic heterocycles. The van der Waals surface area contributed by atoms with Crippen LogP contribution in [0.25, 0.3) is 10.9 Å². The summed E-state index contributed by atoms with van der Waals surface area (Å²) in [6.07, 6.45) is 2.52. The Labute approximate surface area is 124 Å². The number of carbonyl (C=O) groups is 1. The Morgan fingerprint density at radius 3 is 2.76 bits per heavy atom. The molecule has 5 heteroatoms. The number of benzene rings is 1. The van der Waals surface area contributed by atoms with Crippen molar-refractivity contribution in [2.45, 2.75) is 27.2 Å². The van der Waals surface area contributed by atoms with Crippen molar-refractivity contribution in [2.24, 2.45) is 5.41 Å². The predicted molar refractivity (Wildman–Crippen MR) is 82.8 cm³/mol. The lowest BCUT2D eigenvalue weighted by Gasteiger charge is -2.18. The molecule has 0 saturated carbocycles. The number of urea groups is 1. The molecule has 0 saturated heterocycles. The van der Waals surface area contributed by atoms with Crippen molar-refractivity contribution in [3.63, 3.8) is 0 Å². The molecule has 21 heavy (non-hydrogen) atoms. The fourth-order valence-corrected chi connectivity index (χ4v) is 2.08. The van der Waals surface area contributed by atoms with Crippen molar-refractivity contribution in [1.29, 1.82) is 0 Å². The first-order chi connectivity index (χ1) is 9.85. The first-order valence-electron chi connectivity index (χ1n) is 7.12. The molecule has 114 valence electrons. The van der Waals surface area contributed by atoms with Gasteiger partial charge in [0.05, 0.1) is 0 Å². The van der Waals surface area contributed by atoms with Gasteiger partial charge in [0.15, 0.2) is 0 Å². The van der Waals surface area contributed by atoms with E-state index in [-0.39, 0.29) is 17.3 Å². The summed E-state index contributed by atoms with van der Waals surface area (Å²) < 4.78 is 13.3. The van der Waals surface area contributed by atoms with Crippen molar-refractivity contribution in [3.05, 3.63) is 35.8 Å². The SMILES string of the molecule is CC(C)(C)CNC(=O)NCCc1c[nH]c2ccc(F)cc12. The molecule has 0 unspecified atom stereocenters. The number of halogens is 1. The van der Waals surface area contributed by atoms with Crippen molar-refractivity contribution < 1.29 is 9.18 Å². The molecular weight excluding hydrogens is 269 g/mol. The van der Waals surface area contributed by atoms with E-state index in [1.165, 1.54) is 12.1 Å². The lowest BCUT2D eigenvalue weighted by molar-refractivity contribution is 0.235. The Kier molecular flexibility index (Phi) is 4.50. The molecule has 2 amide bonds. The summed E-state index contributed by atoms with van der Waals surface area (Å²) >= 11 is 0. The Hall–Kier alpha value is -2.04. The number of hydrogen-bond acceptors (Lipinski definition) is 1. The Morgan fingerprint density at radius 2 is 2.05 bits per heavy atom. The number of rotatable bonds is 4. The van der Waals surface area contributed by atoms with Crippen LogP contribution in [0.2, 0.25) is 0 Å². The molecule has 0 aliphatic carbocycles. The molecule has 4 nitrogen and oxygen atoms in total. The van der Waals surface area contributed by atoms with Crippen molar-refractivity contribution >= 4 is 16.9 Å². The van der Waals surface area contributed by atoms with E-state index in [4.69, 9.17) is 0 Å². The lowest BCUT2D eigenvalue weighted by Crippen LogP contribution is -2.40. The largest absolute Gasteiger partial charge is 0.361 e. The highest BCUT2D eigenvalue weighted by atomic mass is 19.1. The minimum absolute atomic E-state index is 0.0612. The van der Waals surface area contributed by atoms with Gasteiger partial charge in [-0.05, 0) is 35.6 Å². The van der Waals surface area contributed by atoms with E-state index in [9.17, 15) is 9.18 Å². The zero-order valence-corrected chi connectivity index (χ0v) is 12.7. The predicted octanol–water partition coefficient (Wildman–Crippen LogP) is 3.19. The highest BCUT2D eigenvalue weighted by molar-refractivity contribution is 5.83. The van der Waals surface area contributed by atoms with Crippen LogP contribution in [0.4, 0.5) is 9.18 Å². The molecule has 1 aromatic heterocycles. The maximum absolute atomic E-state index is 13.3. The maximum atomic E-state index is 13.3. The smallest absolute Gasteiger partial charge is 0.314 e. The molecule has 0 bridgehead atoms. The van der Waals surface area contributed by atoms with Gasteiger partial charge in [-0.1, -0.05) is 20.8 Å². The quantitative estimate of drug-likeness (QED) is 0.796. The highest BCUT2D eigenvalue weighted by Gasteiger charge is 2.11. The summed E-state index contributed by atoms with van der Waals surface area (Å²) in [5, 5.41) is 6.51. The van der Waals surface area contributed by atoms with Gasteiger partial charge in [-0.15, -0.1) is 0 Å². The maximum Gasteiger partial charge on any atom is 0.314 e. The number of H-pyrrole nitrogens is 1. The van der Waals surface area contributed by atoms with E-state index in [0.29, 0.717) is 19.5 Å². The van der Waals surface area contributed by atoms with Gasteiger partial charge in [0.1, 0.15) is 5.82 Å². The number of amides is 2. The summed E-state index contributed by atoms with van der Waals surface area (Å²) in [5.41, 5.74) is 1.97. The van der Waals surface area contributed by atoms with E-state index in [0.717, 1.165) is 16.5 Å². The van der Waals surface area contributed by atoms with Crippen LogP contribution in [-0.4, -0.2) is 24.1 Å². The van der Waals surface area contributed by atoms with Crippen LogP contribution in [0.1, 0.15) is 26.3 Å². The van der Waals surface area contributed by atoms with Gasteiger partial charge >= 0.3 is 6.03 Å². The van der Waals surface area contributed by atoms with E-state index < -0.39 is 0 Å². The topological polar surface area (TPSA) is 56.9 Å². The third-order valence-electron chi connectivity index (χ3n) is 3.19. The first-order valence-corrected chi connectivity index (χ1v) is 7.12. The Balaban J connectivity index is 1.85. The summed E-state index contributed by atoms with van der Waals surface area (Å²) in [7, 11) is 0. The second kappa shape index (κ2) is 6.16. The van der Waals surface area contributed by atoms with E-state index in [2.05, 4.69) is 36.4 Å². The van der Waals surface area contributed by atoms with E-state index in [1.807, 2.05) is 6.20 Å². The molecule has 2 aromatic rings. The summed E-state index contributed by atoms with van der Waals surface area (Å²) in [5.74, 6) is -0.251. The third-order valence-corrected chi connectivity index (χ3v) is 3.19. The summed E-state index contributed by atoms with van der Waals surface area (Å²) in [6, 6.07) is 4.50. The van der Waals surface area contributed by atoms with Gasteiger partial charge in [0.2, 0.25) is 0 Å². The number of aromatic nitrogens is 1. The van der Waals surface area contributed by atoms with Crippen molar-refractivity contribution in [3.8, 4) is 0 Å². The van der Waals surface area contributed by atoms with Crippen LogP contribution < -0.4 is 10.6 Å². The molecule has 0 atom stereocenters. The normalized spacial score (nSPS) is 11.6. The van der Waals surface area contributed by atoms with Gasteiger partial charge in [-0.3, -0.25) is 0 Å². The number of aromatic amines is 1. The van der Waals surface area contributed by atoms with Gasteiger partial charge < -0.3 is 15.6 Å². The fraction of sp³-hybridized carbons (Fsp3) is 0.438. The molecular formula is C16H22FN3O. The zero-order chi connectivity index (χ0) is 15.5. The third kappa shape index (κ3) is 4.48. The molecule has 2 rings (SSSR count). The van der Waals surface area contributed by atoms with Crippen molar-refractivity contribution in [2.75, 3.05) is 13.1 Å². The van der Waals surface area contributed by atoms with E-state index >= 15 is 0 Å². The summed E-state index contributed by atoms with van der Waals surface area (Å²) in [4.78, 5) is 14.7. The van der Waals surface area contributed by atoms with Gasteiger partial charge in [0.25, 0.3) is 0 Å². The second-order valence-corrected chi connectivity index (χ2v) is 6.42. The lowest BCUT2D eigenvalue weighted by atomic mass is 9.97. The van der Waals surface area contributed by atoms with Crippen LogP contribution in [0.15, 0.2) is 24.4 Å². The average molecular weight is 291 g/mol.